The number of esters is 1. The molecule has 0 saturated carbocycles. The molecule has 0 bridgehead atoms. The summed E-state index contributed by atoms with van der Waals surface area (Å²) in [5.41, 5.74) is 0. The number of phosphoric acid groups is 1. The molecule has 2 atom stereocenters. The lowest BCUT2D eigenvalue weighted by atomic mass is 10.1. The predicted octanol–water partition coefficient (Wildman–Crippen LogP) is 5.65. The Bertz CT molecular complexity index is 782. The predicted molar refractivity (Wildman–Crippen MR) is 150 cm³/mol. The smallest absolute Gasteiger partial charge is 0.454 e. The maximum Gasteiger partial charge on any atom is 0.472 e. The highest BCUT2D eigenvalue weighted by atomic mass is 31.2. The first-order valence-corrected chi connectivity index (χ1v) is 14.7. The van der Waals surface area contributed by atoms with Gasteiger partial charge in [-0.1, -0.05) is 100 Å². The van der Waals surface area contributed by atoms with Crippen LogP contribution in [0.5, 0.6) is 0 Å². The van der Waals surface area contributed by atoms with Crippen LogP contribution < -0.4 is 0 Å². The average Bonchev–Trinajstić information content (AvgIpc) is 2.82. The normalized spacial score (nSPS) is 15.5. The Morgan fingerprint density at radius 1 is 0.865 bits per heavy atom. The molecule has 0 fully saturated rings. The van der Waals surface area contributed by atoms with Gasteiger partial charge in [0.15, 0.2) is 0 Å². The van der Waals surface area contributed by atoms with Crippen molar-refractivity contribution in [2.24, 2.45) is 0 Å². The molecule has 0 aromatic heterocycles. The van der Waals surface area contributed by atoms with Gasteiger partial charge in [-0.3, -0.25) is 9.05 Å². The molecule has 9 heteroatoms. The highest BCUT2D eigenvalue weighted by Gasteiger charge is 2.25. The van der Waals surface area contributed by atoms with Gasteiger partial charge in [-0.25, -0.2) is 9.36 Å². The SMILES string of the molecule is CCCCCCCCCC=CC=CC=CC=CC=CC(=O)O[C@@H](CO)COP(=O)(O)OCC[N+](C)(C)C. The summed E-state index contributed by atoms with van der Waals surface area (Å²) in [5, 5.41) is 9.34. The summed E-state index contributed by atoms with van der Waals surface area (Å²) in [4.78, 5) is 21.6. The molecule has 0 amide bonds. The molecule has 0 saturated heterocycles. The quantitative estimate of drug-likeness (QED) is 0.0455. The van der Waals surface area contributed by atoms with Crippen LogP contribution >= 0.6 is 7.82 Å². The molecule has 2 N–H and O–H groups in total. The van der Waals surface area contributed by atoms with Gasteiger partial charge < -0.3 is 19.2 Å². The number of nitrogens with zero attached hydrogens (tertiary/aromatic N) is 1. The summed E-state index contributed by atoms with van der Waals surface area (Å²) in [7, 11) is 1.45. The first-order chi connectivity index (χ1) is 17.6. The number of likely N-dealkylation sites (N-methyl/N-ethyl adjacent to an activating group) is 1. The van der Waals surface area contributed by atoms with Crippen LogP contribution in [0.25, 0.3) is 0 Å². The second kappa shape index (κ2) is 22.2. The van der Waals surface area contributed by atoms with Crippen LogP contribution in [0.2, 0.25) is 0 Å². The number of hydrogen-bond donors (Lipinski definition) is 2. The van der Waals surface area contributed by atoms with E-state index in [9.17, 15) is 19.4 Å². The van der Waals surface area contributed by atoms with Crippen molar-refractivity contribution in [2.75, 3.05) is 47.5 Å². The number of quaternary nitrogens is 1. The fraction of sp³-hybridized carbons (Fsp3) is 0.607. The van der Waals surface area contributed by atoms with Crippen molar-refractivity contribution in [1.82, 2.24) is 0 Å². The standard InChI is InChI=1S/C28H48NO7P/c1-5-6-7-8-9-10-11-12-13-14-15-16-17-18-19-20-21-22-28(31)36-27(25-30)26-35-37(32,33)34-24-23-29(2,3)4/h13-22,27,30H,5-12,23-26H2,1-4H3/p+1/t27-/m0/s1. The highest BCUT2D eigenvalue weighted by molar-refractivity contribution is 7.47. The topological polar surface area (TPSA) is 102 Å². The van der Waals surface area contributed by atoms with Crippen LogP contribution in [0.1, 0.15) is 58.3 Å². The van der Waals surface area contributed by atoms with Gasteiger partial charge in [0.1, 0.15) is 19.3 Å². The molecule has 1 unspecified atom stereocenters. The van der Waals surface area contributed by atoms with E-state index in [4.69, 9.17) is 13.8 Å². The molecule has 8 nitrogen and oxygen atoms in total. The fourth-order valence-electron chi connectivity index (χ4n) is 2.89. The van der Waals surface area contributed by atoms with Gasteiger partial charge in [0.2, 0.25) is 0 Å². The van der Waals surface area contributed by atoms with Crippen LogP contribution in [0, 0.1) is 0 Å². The Morgan fingerprint density at radius 3 is 2.03 bits per heavy atom. The van der Waals surface area contributed by atoms with Crippen molar-refractivity contribution in [2.45, 2.75) is 64.4 Å². The van der Waals surface area contributed by atoms with Crippen LogP contribution in [-0.2, 0) is 23.1 Å². The number of carbonyl (C=O) groups excluding carboxylic acids is 1. The molecule has 0 rings (SSSR count). The number of ether oxygens (including phenoxy) is 1. The summed E-state index contributed by atoms with van der Waals surface area (Å²) >= 11 is 0. The molecule has 0 aliphatic heterocycles. The molecular formula is C28H49NO7P+. The molecule has 37 heavy (non-hydrogen) atoms. The van der Waals surface area contributed by atoms with Gasteiger partial charge in [0.25, 0.3) is 0 Å². The molecule has 0 aromatic rings. The highest BCUT2D eigenvalue weighted by Crippen LogP contribution is 2.43. The molecule has 0 aromatic carbocycles. The van der Waals surface area contributed by atoms with Crippen molar-refractivity contribution in [3.8, 4) is 0 Å². The number of carbonyl (C=O) groups is 1. The third-order valence-corrected chi connectivity index (χ3v) is 6.03. The first kappa shape index (κ1) is 35.2. The second-order valence-corrected chi connectivity index (χ2v) is 11.2. The van der Waals surface area contributed by atoms with Crippen molar-refractivity contribution >= 4 is 13.8 Å². The van der Waals surface area contributed by atoms with Crippen molar-refractivity contribution in [3.63, 3.8) is 0 Å². The fourth-order valence-corrected chi connectivity index (χ4v) is 3.63. The van der Waals surface area contributed by atoms with Crippen molar-refractivity contribution in [3.05, 3.63) is 60.8 Å². The number of phosphoric ester groups is 1. The minimum absolute atomic E-state index is 0.0240. The minimum atomic E-state index is -4.30. The molecule has 0 radical (unpaired) electrons. The summed E-state index contributed by atoms with van der Waals surface area (Å²) < 4.78 is 27.2. The van der Waals surface area contributed by atoms with Gasteiger partial charge in [0.05, 0.1) is 34.4 Å². The molecular weight excluding hydrogens is 493 g/mol. The number of rotatable bonds is 22. The maximum absolute atomic E-state index is 11.9. The van der Waals surface area contributed by atoms with E-state index in [2.05, 4.69) is 19.1 Å². The first-order valence-electron chi connectivity index (χ1n) is 13.2. The Labute approximate surface area is 224 Å². The lowest BCUT2D eigenvalue weighted by Gasteiger charge is -2.24. The van der Waals surface area contributed by atoms with Crippen molar-refractivity contribution < 1.29 is 37.6 Å². The monoisotopic (exact) mass is 542 g/mol. The zero-order chi connectivity index (χ0) is 27.8. The molecule has 212 valence electrons. The van der Waals surface area contributed by atoms with E-state index in [0.29, 0.717) is 11.0 Å². The number of unbranched alkanes of at least 4 members (excludes halogenated alkanes) is 7. The minimum Gasteiger partial charge on any atom is -0.454 e. The lowest BCUT2D eigenvalue weighted by Crippen LogP contribution is -2.37. The van der Waals surface area contributed by atoms with E-state index in [0.717, 1.165) is 6.42 Å². The van der Waals surface area contributed by atoms with E-state index in [1.807, 2.05) is 45.4 Å². The molecule has 0 spiro atoms. The van der Waals surface area contributed by atoms with E-state index in [1.54, 1.807) is 12.2 Å². The summed E-state index contributed by atoms with van der Waals surface area (Å²) in [6, 6.07) is 0. The van der Waals surface area contributed by atoms with Gasteiger partial charge >= 0.3 is 13.8 Å². The molecule has 0 heterocycles. The van der Waals surface area contributed by atoms with E-state index < -0.39 is 33.1 Å². The molecule has 0 aliphatic rings. The van der Waals surface area contributed by atoms with Gasteiger partial charge in [-0.05, 0) is 12.8 Å². The lowest BCUT2D eigenvalue weighted by molar-refractivity contribution is -0.870. The number of aliphatic hydroxyl groups is 1. The zero-order valence-electron chi connectivity index (χ0n) is 23.2. The van der Waals surface area contributed by atoms with Gasteiger partial charge in [-0.15, -0.1) is 0 Å². The largest absolute Gasteiger partial charge is 0.472 e. The van der Waals surface area contributed by atoms with E-state index in [1.165, 1.54) is 57.1 Å². The maximum atomic E-state index is 11.9. The average molecular weight is 543 g/mol. The Hall–Kier alpha value is -1.80. The second-order valence-electron chi connectivity index (χ2n) is 9.70. The number of hydrogen-bond acceptors (Lipinski definition) is 6. The zero-order valence-corrected chi connectivity index (χ0v) is 24.1. The number of allylic oxidation sites excluding steroid dienone is 9. The number of aliphatic hydroxyl groups excluding tert-OH is 1. The Balaban J connectivity index is 4.10. The Kier molecular flexibility index (Phi) is 21.1. The van der Waals surface area contributed by atoms with Crippen molar-refractivity contribution in [1.29, 1.82) is 0 Å². The third kappa shape index (κ3) is 25.6. The van der Waals surface area contributed by atoms with Crippen LogP contribution in [-0.4, -0.2) is 74.1 Å². The van der Waals surface area contributed by atoms with Crippen LogP contribution in [0.15, 0.2) is 60.8 Å². The Morgan fingerprint density at radius 2 is 1.43 bits per heavy atom. The van der Waals surface area contributed by atoms with E-state index in [-0.39, 0.29) is 6.61 Å². The summed E-state index contributed by atoms with van der Waals surface area (Å²) in [6.45, 7) is 1.74. The molecule has 0 aliphatic carbocycles. The van der Waals surface area contributed by atoms with Gasteiger partial charge in [0, 0.05) is 6.08 Å². The van der Waals surface area contributed by atoms with Crippen LogP contribution in [0.4, 0.5) is 0 Å². The van der Waals surface area contributed by atoms with Gasteiger partial charge in [-0.2, -0.15) is 0 Å². The summed E-state index contributed by atoms with van der Waals surface area (Å²) in [6.07, 6.45) is 27.2. The van der Waals surface area contributed by atoms with E-state index >= 15 is 0 Å². The van der Waals surface area contributed by atoms with Crippen LogP contribution in [0.3, 0.4) is 0 Å². The third-order valence-electron chi connectivity index (χ3n) is 5.05. The summed E-state index contributed by atoms with van der Waals surface area (Å²) in [5.74, 6) is -0.707.